The van der Waals surface area contributed by atoms with Gasteiger partial charge in [-0.3, -0.25) is 9.59 Å². The molecule has 0 aliphatic carbocycles. The average Bonchev–Trinajstić information content (AvgIpc) is 2.41. The van der Waals surface area contributed by atoms with Crippen LogP contribution in [0.25, 0.3) is 0 Å². The third kappa shape index (κ3) is 5.09. The molecule has 1 unspecified atom stereocenters. The molecular weight excluding hydrogens is 246 g/mol. The number of esters is 2. The molecule has 0 heterocycles. The van der Waals surface area contributed by atoms with Crippen molar-refractivity contribution in [2.24, 2.45) is 5.73 Å². The molecule has 1 atom stereocenters. The number of rotatable bonds is 6. The van der Waals surface area contributed by atoms with Gasteiger partial charge >= 0.3 is 11.9 Å². The molecule has 0 spiro atoms. The van der Waals surface area contributed by atoms with Crippen molar-refractivity contribution in [2.75, 3.05) is 6.61 Å². The van der Waals surface area contributed by atoms with E-state index in [4.69, 9.17) is 15.2 Å². The Hall–Kier alpha value is -1.88. The van der Waals surface area contributed by atoms with Gasteiger partial charge in [0, 0.05) is 6.42 Å². The predicted molar refractivity (Wildman–Crippen MR) is 70.7 cm³/mol. The molecule has 1 aromatic rings. The molecule has 0 saturated heterocycles. The Labute approximate surface area is 112 Å². The maximum absolute atomic E-state index is 11.4. The second-order valence-corrected chi connectivity index (χ2v) is 4.03. The molecule has 0 fully saturated rings. The number of carbonyl (C=O) groups is 2. The fraction of sp³-hybridized carbons (Fsp3) is 0.429. The first kappa shape index (κ1) is 15.2. The van der Waals surface area contributed by atoms with Gasteiger partial charge in [0.25, 0.3) is 0 Å². The predicted octanol–water partition coefficient (Wildman–Crippen LogP) is 1.43. The normalized spacial score (nSPS) is 11.7. The van der Waals surface area contributed by atoms with Gasteiger partial charge in [-0.2, -0.15) is 0 Å². The van der Waals surface area contributed by atoms with Crippen molar-refractivity contribution >= 4 is 11.9 Å². The third-order valence-corrected chi connectivity index (χ3v) is 2.49. The maximum Gasteiger partial charge on any atom is 0.323 e. The number of hydrogen-bond acceptors (Lipinski definition) is 5. The maximum atomic E-state index is 11.4. The lowest BCUT2D eigenvalue weighted by Gasteiger charge is -2.10. The molecule has 0 radical (unpaired) electrons. The van der Waals surface area contributed by atoms with E-state index in [1.807, 2.05) is 0 Å². The first-order valence-corrected chi connectivity index (χ1v) is 6.28. The van der Waals surface area contributed by atoms with Crippen LogP contribution in [-0.4, -0.2) is 24.6 Å². The van der Waals surface area contributed by atoms with Crippen molar-refractivity contribution in [3.05, 3.63) is 29.8 Å². The highest BCUT2D eigenvalue weighted by molar-refractivity contribution is 5.76. The zero-order valence-corrected chi connectivity index (χ0v) is 11.2. The van der Waals surface area contributed by atoms with Crippen LogP contribution in [0.5, 0.6) is 5.75 Å². The number of hydrogen-bond donors (Lipinski definition) is 1. The first-order chi connectivity index (χ1) is 9.06. The summed E-state index contributed by atoms with van der Waals surface area (Å²) >= 11 is 0. The van der Waals surface area contributed by atoms with Gasteiger partial charge < -0.3 is 15.2 Å². The van der Waals surface area contributed by atoms with Crippen LogP contribution in [0.1, 0.15) is 25.8 Å². The lowest BCUT2D eigenvalue weighted by molar-refractivity contribution is -0.144. The Bertz CT molecular complexity index is 428. The van der Waals surface area contributed by atoms with Gasteiger partial charge in [0.15, 0.2) is 0 Å². The standard InChI is InChI=1S/C14H19NO4/c1-3-13(16)19-11-7-5-10(6-8-11)9-12(15)14(17)18-4-2/h5-8,12H,3-4,9,15H2,1-2H3. The highest BCUT2D eigenvalue weighted by Gasteiger charge is 2.15. The summed E-state index contributed by atoms with van der Waals surface area (Å²) in [6, 6.07) is 6.24. The topological polar surface area (TPSA) is 78.6 Å². The minimum Gasteiger partial charge on any atom is -0.465 e. The summed E-state index contributed by atoms with van der Waals surface area (Å²) in [6.45, 7) is 3.79. The molecule has 0 saturated carbocycles. The van der Waals surface area contributed by atoms with E-state index in [1.54, 1.807) is 38.1 Å². The van der Waals surface area contributed by atoms with Crippen molar-refractivity contribution in [3.63, 3.8) is 0 Å². The lowest BCUT2D eigenvalue weighted by Crippen LogP contribution is -2.34. The highest BCUT2D eigenvalue weighted by atomic mass is 16.5. The second-order valence-electron chi connectivity index (χ2n) is 4.03. The number of nitrogens with two attached hydrogens (primary N) is 1. The van der Waals surface area contributed by atoms with Crippen LogP contribution in [-0.2, 0) is 20.7 Å². The van der Waals surface area contributed by atoms with Gasteiger partial charge in [0.1, 0.15) is 11.8 Å². The fourth-order valence-electron chi connectivity index (χ4n) is 1.48. The van der Waals surface area contributed by atoms with E-state index >= 15 is 0 Å². The minimum atomic E-state index is -0.677. The van der Waals surface area contributed by atoms with Gasteiger partial charge in [0.05, 0.1) is 6.61 Å². The lowest BCUT2D eigenvalue weighted by atomic mass is 10.1. The van der Waals surface area contributed by atoms with Crippen LogP contribution in [0.15, 0.2) is 24.3 Å². The van der Waals surface area contributed by atoms with Crippen LogP contribution in [0.2, 0.25) is 0 Å². The summed E-state index contributed by atoms with van der Waals surface area (Å²) in [6.07, 6.45) is 0.719. The Morgan fingerprint density at radius 1 is 1.21 bits per heavy atom. The molecule has 0 aliphatic rings. The van der Waals surface area contributed by atoms with E-state index in [2.05, 4.69) is 0 Å². The molecule has 5 heteroatoms. The fourth-order valence-corrected chi connectivity index (χ4v) is 1.48. The summed E-state index contributed by atoms with van der Waals surface area (Å²) < 4.78 is 9.88. The van der Waals surface area contributed by atoms with E-state index in [-0.39, 0.29) is 5.97 Å². The van der Waals surface area contributed by atoms with Crippen molar-refractivity contribution in [1.82, 2.24) is 0 Å². The van der Waals surface area contributed by atoms with Gasteiger partial charge in [-0.05, 0) is 31.0 Å². The molecule has 0 aliphatic heterocycles. The summed E-state index contributed by atoms with van der Waals surface area (Å²) in [5.74, 6) is -0.208. The molecule has 1 aromatic carbocycles. The summed E-state index contributed by atoms with van der Waals surface area (Å²) in [7, 11) is 0. The molecule has 1 rings (SSSR count). The van der Waals surface area contributed by atoms with Gasteiger partial charge in [0.2, 0.25) is 0 Å². The average molecular weight is 265 g/mol. The van der Waals surface area contributed by atoms with Crippen LogP contribution in [0, 0.1) is 0 Å². The number of carbonyl (C=O) groups excluding carboxylic acids is 2. The van der Waals surface area contributed by atoms with Gasteiger partial charge in [-0.1, -0.05) is 19.1 Å². The monoisotopic (exact) mass is 265 g/mol. The Morgan fingerprint density at radius 2 is 1.84 bits per heavy atom. The van der Waals surface area contributed by atoms with E-state index in [0.717, 1.165) is 5.56 Å². The van der Waals surface area contributed by atoms with Gasteiger partial charge in [-0.15, -0.1) is 0 Å². The molecule has 0 aromatic heterocycles. The number of benzene rings is 1. The largest absolute Gasteiger partial charge is 0.465 e. The van der Waals surface area contributed by atoms with E-state index in [9.17, 15) is 9.59 Å². The Kier molecular flexibility index (Phi) is 6.02. The van der Waals surface area contributed by atoms with Crippen LogP contribution >= 0.6 is 0 Å². The molecule has 2 N–H and O–H groups in total. The summed E-state index contributed by atoms with van der Waals surface area (Å²) in [5, 5.41) is 0. The zero-order chi connectivity index (χ0) is 14.3. The van der Waals surface area contributed by atoms with E-state index in [0.29, 0.717) is 25.2 Å². The first-order valence-electron chi connectivity index (χ1n) is 6.28. The summed E-state index contributed by atoms with van der Waals surface area (Å²) in [4.78, 5) is 22.5. The Balaban J connectivity index is 2.56. The quantitative estimate of drug-likeness (QED) is 0.622. The number of ether oxygens (including phenoxy) is 2. The molecular formula is C14H19NO4. The van der Waals surface area contributed by atoms with E-state index < -0.39 is 12.0 Å². The molecule has 0 amide bonds. The second kappa shape index (κ2) is 7.53. The molecule has 0 bridgehead atoms. The zero-order valence-electron chi connectivity index (χ0n) is 11.2. The summed E-state index contributed by atoms with van der Waals surface area (Å²) in [5.41, 5.74) is 6.60. The smallest absolute Gasteiger partial charge is 0.323 e. The van der Waals surface area contributed by atoms with Crippen molar-refractivity contribution in [1.29, 1.82) is 0 Å². The Morgan fingerprint density at radius 3 is 2.37 bits per heavy atom. The third-order valence-electron chi connectivity index (χ3n) is 2.49. The van der Waals surface area contributed by atoms with Gasteiger partial charge in [-0.25, -0.2) is 0 Å². The van der Waals surface area contributed by atoms with Crippen molar-refractivity contribution in [3.8, 4) is 5.75 Å². The van der Waals surface area contributed by atoms with Crippen LogP contribution in [0.3, 0.4) is 0 Å². The molecule has 104 valence electrons. The molecule has 5 nitrogen and oxygen atoms in total. The van der Waals surface area contributed by atoms with Crippen LogP contribution in [0.4, 0.5) is 0 Å². The van der Waals surface area contributed by atoms with Crippen molar-refractivity contribution < 1.29 is 19.1 Å². The minimum absolute atomic E-state index is 0.282. The van der Waals surface area contributed by atoms with E-state index in [1.165, 1.54) is 0 Å². The highest BCUT2D eigenvalue weighted by Crippen LogP contribution is 2.14. The van der Waals surface area contributed by atoms with Crippen molar-refractivity contribution in [2.45, 2.75) is 32.7 Å². The SMILES string of the molecule is CCOC(=O)C(N)Cc1ccc(OC(=O)CC)cc1. The van der Waals surface area contributed by atoms with Crippen LogP contribution < -0.4 is 10.5 Å². The molecule has 19 heavy (non-hydrogen) atoms.